The van der Waals surface area contributed by atoms with Crippen molar-refractivity contribution in [3.05, 3.63) is 48.1 Å². The van der Waals surface area contributed by atoms with E-state index in [9.17, 15) is 0 Å². The van der Waals surface area contributed by atoms with Gasteiger partial charge in [-0.05, 0) is 11.1 Å². The van der Waals surface area contributed by atoms with Crippen LogP contribution >= 0.6 is 0 Å². The molecule has 0 aliphatic rings. The minimum atomic E-state index is -0.184. The molecule has 94 valence electrons. The van der Waals surface area contributed by atoms with E-state index >= 15 is 0 Å². The van der Waals surface area contributed by atoms with E-state index in [1.54, 1.807) is 0 Å². The van der Waals surface area contributed by atoms with Crippen molar-refractivity contribution in [3.63, 3.8) is 0 Å². The minimum Gasteiger partial charge on any atom is -0.245 e. The van der Waals surface area contributed by atoms with E-state index in [-0.39, 0.29) is 5.41 Å². The van der Waals surface area contributed by atoms with Crippen LogP contribution in [0.15, 0.2) is 31.1 Å². The molecule has 0 atom stereocenters. The van der Waals surface area contributed by atoms with Crippen molar-refractivity contribution < 1.29 is 0 Å². The second kappa shape index (κ2) is 4.80. The molecular formula is C14H18N4. The molecule has 4 nitrogen and oxygen atoms in total. The fourth-order valence-corrected chi connectivity index (χ4v) is 1.75. The van der Waals surface area contributed by atoms with Gasteiger partial charge in [-0.15, -0.1) is 0 Å². The zero-order valence-corrected chi connectivity index (χ0v) is 11.3. The fourth-order valence-electron chi connectivity index (χ4n) is 1.75. The number of rotatable bonds is 3. The summed E-state index contributed by atoms with van der Waals surface area (Å²) < 4.78 is 0. The molecule has 2 heterocycles. The topological polar surface area (TPSA) is 51.6 Å². The highest BCUT2D eigenvalue weighted by molar-refractivity contribution is 5.31. The van der Waals surface area contributed by atoms with E-state index < -0.39 is 0 Å². The van der Waals surface area contributed by atoms with Gasteiger partial charge in [0.2, 0.25) is 0 Å². The SMILES string of the molecule is CC(C)c1ncc(C(C)(C)c2cncnc2)cn1. The van der Waals surface area contributed by atoms with Gasteiger partial charge < -0.3 is 0 Å². The molecule has 0 bridgehead atoms. The first kappa shape index (κ1) is 12.6. The number of aromatic nitrogens is 4. The quantitative estimate of drug-likeness (QED) is 0.830. The Morgan fingerprint density at radius 2 is 1.39 bits per heavy atom. The normalized spacial score (nSPS) is 11.8. The molecular weight excluding hydrogens is 224 g/mol. The smallest absolute Gasteiger partial charge is 0.130 e. The molecule has 0 amide bonds. The summed E-state index contributed by atoms with van der Waals surface area (Å²) in [7, 11) is 0. The molecule has 4 heteroatoms. The highest BCUT2D eigenvalue weighted by atomic mass is 14.9. The van der Waals surface area contributed by atoms with Crippen molar-refractivity contribution in [1.29, 1.82) is 0 Å². The third-order valence-electron chi connectivity index (χ3n) is 3.19. The average molecular weight is 242 g/mol. The first-order valence-electron chi connectivity index (χ1n) is 6.09. The monoisotopic (exact) mass is 242 g/mol. The van der Waals surface area contributed by atoms with Crippen molar-refractivity contribution in [2.24, 2.45) is 0 Å². The van der Waals surface area contributed by atoms with Gasteiger partial charge in [0.25, 0.3) is 0 Å². The summed E-state index contributed by atoms with van der Waals surface area (Å²) in [5, 5.41) is 0. The Kier molecular flexibility index (Phi) is 3.36. The Labute approximate surface area is 108 Å². The second-order valence-corrected chi connectivity index (χ2v) is 5.24. The maximum Gasteiger partial charge on any atom is 0.130 e. The summed E-state index contributed by atoms with van der Waals surface area (Å²) in [4.78, 5) is 17.0. The van der Waals surface area contributed by atoms with Crippen LogP contribution in [0.3, 0.4) is 0 Å². The lowest BCUT2D eigenvalue weighted by molar-refractivity contribution is 0.620. The van der Waals surface area contributed by atoms with Crippen molar-refractivity contribution >= 4 is 0 Å². The molecule has 0 N–H and O–H groups in total. The predicted molar refractivity (Wildman–Crippen MR) is 70.3 cm³/mol. The van der Waals surface area contributed by atoms with Crippen molar-refractivity contribution in [1.82, 2.24) is 19.9 Å². The Hall–Kier alpha value is -1.84. The minimum absolute atomic E-state index is 0.184. The molecule has 18 heavy (non-hydrogen) atoms. The van der Waals surface area contributed by atoms with Gasteiger partial charge in [-0.2, -0.15) is 0 Å². The standard InChI is InChI=1S/C14H18N4/c1-10(2)13-17-7-12(8-18-13)14(3,4)11-5-15-9-16-6-11/h5-10H,1-4H3. The van der Waals surface area contributed by atoms with Crippen LogP contribution in [-0.4, -0.2) is 19.9 Å². The summed E-state index contributed by atoms with van der Waals surface area (Å²) in [5.41, 5.74) is 1.95. The Bertz CT molecular complexity index is 503. The highest BCUT2D eigenvalue weighted by Gasteiger charge is 2.24. The first-order chi connectivity index (χ1) is 8.51. The van der Waals surface area contributed by atoms with E-state index in [1.165, 1.54) is 6.33 Å². The van der Waals surface area contributed by atoms with E-state index in [2.05, 4.69) is 47.6 Å². The molecule has 2 rings (SSSR count). The van der Waals surface area contributed by atoms with Gasteiger partial charge in [-0.3, -0.25) is 0 Å². The van der Waals surface area contributed by atoms with Crippen LogP contribution in [-0.2, 0) is 5.41 Å². The molecule has 2 aromatic rings. The van der Waals surface area contributed by atoms with Gasteiger partial charge in [0.1, 0.15) is 12.2 Å². The highest BCUT2D eigenvalue weighted by Crippen LogP contribution is 2.29. The van der Waals surface area contributed by atoms with Crippen LogP contribution in [0, 0.1) is 0 Å². The van der Waals surface area contributed by atoms with Crippen molar-refractivity contribution in [3.8, 4) is 0 Å². The van der Waals surface area contributed by atoms with Crippen LogP contribution < -0.4 is 0 Å². The van der Waals surface area contributed by atoms with E-state index in [1.807, 2.05) is 24.8 Å². The lowest BCUT2D eigenvalue weighted by Crippen LogP contribution is -2.20. The lowest BCUT2D eigenvalue weighted by atomic mass is 9.81. The maximum atomic E-state index is 4.42. The molecule has 0 unspecified atom stereocenters. The van der Waals surface area contributed by atoms with E-state index in [0.29, 0.717) is 5.92 Å². The first-order valence-corrected chi connectivity index (χ1v) is 6.09. The third-order valence-corrected chi connectivity index (χ3v) is 3.19. The molecule has 0 aliphatic heterocycles. The summed E-state index contributed by atoms with van der Waals surface area (Å²) in [6, 6.07) is 0. The molecule has 0 aromatic carbocycles. The largest absolute Gasteiger partial charge is 0.245 e. The average Bonchev–Trinajstić information content (AvgIpc) is 2.40. The van der Waals surface area contributed by atoms with E-state index in [0.717, 1.165) is 17.0 Å². The summed E-state index contributed by atoms with van der Waals surface area (Å²) in [5.74, 6) is 1.22. The molecule has 0 radical (unpaired) electrons. The molecule has 0 spiro atoms. The zero-order chi connectivity index (χ0) is 13.2. The van der Waals surface area contributed by atoms with Crippen LogP contribution in [0.2, 0.25) is 0 Å². The van der Waals surface area contributed by atoms with Gasteiger partial charge in [-0.25, -0.2) is 19.9 Å². The van der Waals surface area contributed by atoms with Crippen LogP contribution in [0.25, 0.3) is 0 Å². The number of hydrogen-bond acceptors (Lipinski definition) is 4. The Morgan fingerprint density at radius 1 is 0.889 bits per heavy atom. The molecule has 2 aromatic heterocycles. The Balaban J connectivity index is 2.36. The summed E-state index contributed by atoms with van der Waals surface area (Å²) in [6.45, 7) is 8.43. The van der Waals surface area contributed by atoms with Crippen LogP contribution in [0.4, 0.5) is 0 Å². The predicted octanol–water partition coefficient (Wildman–Crippen LogP) is 2.72. The molecule has 0 aliphatic carbocycles. The van der Waals surface area contributed by atoms with E-state index in [4.69, 9.17) is 0 Å². The summed E-state index contributed by atoms with van der Waals surface area (Å²) >= 11 is 0. The maximum absolute atomic E-state index is 4.42. The third kappa shape index (κ3) is 2.37. The Morgan fingerprint density at radius 3 is 1.89 bits per heavy atom. The van der Waals surface area contributed by atoms with Crippen molar-refractivity contribution in [2.45, 2.75) is 39.0 Å². The van der Waals surface area contributed by atoms with Gasteiger partial charge in [0.15, 0.2) is 0 Å². The lowest BCUT2D eigenvalue weighted by Gasteiger charge is -2.24. The second-order valence-electron chi connectivity index (χ2n) is 5.24. The number of hydrogen-bond donors (Lipinski definition) is 0. The summed E-state index contributed by atoms with van der Waals surface area (Å²) in [6.07, 6.45) is 9.01. The molecule has 0 saturated carbocycles. The zero-order valence-electron chi connectivity index (χ0n) is 11.3. The van der Waals surface area contributed by atoms with Gasteiger partial charge in [0, 0.05) is 36.1 Å². The van der Waals surface area contributed by atoms with Gasteiger partial charge in [-0.1, -0.05) is 27.7 Å². The fraction of sp³-hybridized carbons (Fsp3) is 0.429. The van der Waals surface area contributed by atoms with Crippen LogP contribution in [0.1, 0.15) is 50.6 Å². The van der Waals surface area contributed by atoms with Crippen molar-refractivity contribution in [2.75, 3.05) is 0 Å². The van der Waals surface area contributed by atoms with Crippen LogP contribution in [0.5, 0.6) is 0 Å². The van der Waals surface area contributed by atoms with Gasteiger partial charge >= 0.3 is 0 Å². The number of nitrogens with zero attached hydrogens (tertiary/aromatic N) is 4. The van der Waals surface area contributed by atoms with Gasteiger partial charge in [0.05, 0.1) is 0 Å². The molecule has 0 fully saturated rings. The molecule has 0 saturated heterocycles.